The number of benzene rings is 19. The molecule has 25 aromatic rings. The molecule has 6 aromatic heterocycles. The minimum Gasteiger partial charge on any atom is -0.456 e. The molecule has 129 heavy (non-hydrogen) atoms. The molecule has 0 aliphatic rings. The van der Waals surface area contributed by atoms with E-state index in [9.17, 15) is 0 Å². The Morgan fingerprint density at radius 3 is 0.876 bits per heavy atom. The second-order valence-electron chi connectivity index (χ2n) is 30.0. The highest BCUT2D eigenvalue weighted by atomic mass is 79.9. The Balaban J connectivity index is 0.0000000997. The summed E-state index contributed by atoms with van der Waals surface area (Å²) >= 11 is 59.8. The lowest BCUT2D eigenvalue weighted by Gasteiger charge is -2.11. The molecule has 22 heteroatoms. The number of nitrogens with zero attached hydrogens (tertiary/aromatic N) is 2. The number of para-hydroxylation sites is 1. The molecule has 0 spiro atoms. The number of thiophene rings is 2. The molecule has 0 amide bonds. The zero-order valence-corrected chi connectivity index (χ0v) is 94.0. The number of halogens is 16. The molecule has 0 aliphatic heterocycles. The summed E-state index contributed by atoms with van der Waals surface area (Å²) in [4.78, 5) is 0. The lowest BCUT2D eigenvalue weighted by atomic mass is 9.94. The van der Waals surface area contributed by atoms with Crippen LogP contribution < -0.4 is 0 Å². The monoisotopic (exact) mass is 2730 g/mol. The predicted molar refractivity (Wildman–Crippen MR) is 613 cm³/mol. The first-order chi connectivity index (χ1) is 62.3. The van der Waals surface area contributed by atoms with Gasteiger partial charge in [-0.3, -0.25) is 0 Å². The van der Waals surface area contributed by atoms with Gasteiger partial charge in [0.1, 0.15) is 22.3 Å². The van der Waals surface area contributed by atoms with Crippen molar-refractivity contribution in [2.45, 2.75) is 0 Å². The highest BCUT2D eigenvalue weighted by molar-refractivity contribution is 9.13. The minimum absolute atomic E-state index is 0.914. The van der Waals surface area contributed by atoms with Crippen molar-refractivity contribution in [3.8, 4) is 16.8 Å². The first kappa shape index (κ1) is 93.0. The van der Waals surface area contributed by atoms with Gasteiger partial charge in [0.15, 0.2) is 0 Å². The molecular weight excluding hydrogens is 2690 g/mol. The minimum atomic E-state index is 0.914. The zero-order valence-electron chi connectivity index (χ0n) is 67.0. The molecule has 25 rings (SSSR count). The van der Waals surface area contributed by atoms with Crippen LogP contribution in [0.15, 0.2) is 426 Å². The summed E-state index contributed by atoms with van der Waals surface area (Å²) in [6, 6.07) is 120. The number of hydrogen-bond donors (Lipinski definition) is 0. The molecule has 0 N–H and O–H groups in total. The van der Waals surface area contributed by atoms with E-state index in [4.69, 9.17) is 8.83 Å². The molecule has 0 aliphatic carbocycles. The van der Waals surface area contributed by atoms with Crippen molar-refractivity contribution in [3.05, 3.63) is 417 Å². The van der Waals surface area contributed by atoms with Gasteiger partial charge in [-0.05, 0) is 286 Å². The molecule has 634 valence electrons. The van der Waals surface area contributed by atoms with Crippen LogP contribution in [0.2, 0.25) is 0 Å². The van der Waals surface area contributed by atoms with Gasteiger partial charge in [-0.1, -0.05) is 358 Å². The molecule has 0 radical (unpaired) electrons. The fourth-order valence-corrected chi connectivity index (χ4v) is 24.5. The average molecular weight is 2750 g/mol. The van der Waals surface area contributed by atoms with Crippen LogP contribution in [0.25, 0.3) is 177 Å². The third kappa shape index (κ3) is 21.0. The maximum atomic E-state index is 5.75. The molecule has 0 atom stereocenters. The Hall–Kier alpha value is -6.46. The van der Waals surface area contributed by atoms with E-state index in [-0.39, 0.29) is 0 Å². The maximum absolute atomic E-state index is 5.75. The van der Waals surface area contributed by atoms with Gasteiger partial charge in [-0.25, -0.2) is 0 Å². The standard InChI is InChI=1S/C18H11Br2N.C16H8Br2.C13H9Br2N.2C12H6Br2O.2C12H6Br2S.C12H8Br2/c19-12-6-8-15-16-9-7-13(20)11-18(16)21(17(15)10-12)14-4-2-1-3-5-14;17-13-5-9-1-2-10-6-14(18)8-12-4-3-11(7-13)15(9)16(10)12;1-16-12-6-8(14)2-4-10(12)11-5-3-9(15)7-13(11)16;13-7-1-3-11-9(5-7)10-6-8(14)2-4-12(10)15-11;13-7-1-3-9-10-4-2-8(14)6-12(10)15-11(9)5-7;13-7-1-3-11-9(5-7)10-6-8(14)2-4-12(10)15-11;13-7-1-3-9-10-4-2-8(14)6-12(10)15-11(9)5-7;13-11-5-1-3-9(7-11)10-4-2-6-12(14)8-10/h1-11H;1-8H;2-7H,1H3;4*1-6H;1-8H. The van der Waals surface area contributed by atoms with Crippen LogP contribution in [0, 0.1) is 0 Å². The van der Waals surface area contributed by atoms with Crippen molar-refractivity contribution in [1.29, 1.82) is 0 Å². The molecule has 0 fully saturated rings. The summed E-state index contributed by atoms with van der Waals surface area (Å²) in [5.41, 5.74) is 12.2. The van der Waals surface area contributed by atoms with Crippen LogP contribution in [0.1, 0.15) is 0 Å². The fraction of sp³-hybridized carbons (Fsp3) is 0.00935. The van der Waals surface area contributed by atoms with Crippen LogP contribution in [0.4, 0.5) is 0 Å². The first-order valence-corrected chi connectivity index (χ1v) is 54.1. The van der Waals surface area contributed by atoms with Crippen LogP contribution in [-0.4, -0.2) is 9.13 Å². The Bertz CT molecular complexity index is 7830. The Morgan fingerprint density at radius 2 is 0.488 bits per heavy atom. The van der Waals surface area contributed by atoms with Gasteiger partial charge in [0, 0.05) is 179 Å². The van der Waals surface area contributed by atoms with E-state index in [1.54, 1.807) is 0 Å². The third-order valence-electron chi connectivity index (χ3n) is 21.7. The van der Waals surface area contributed by atoms with E-state index >= 15 is 0 Å². The first-order valence-electron chi connectivity index (χ1n) is 39.8. The molecule has 0 saturated carbocycles. The summed E-state index contributed by atoms with van der Waals surface area (Å²) in [5, 5.41) is 22.9. The molecule has 0 saturated heterocycles. The van der Waals surface area contributed by atoms with Crippen LogP contribution >= 0.6 is 278 Å². The largest absolute Gasteiger partial charge is 0.456 e. The summed E-state index contributed by atoms with van der Waals surface area (Å²) in [6.07, 6.45) is 0. The molecule has 0 bridgehead atoms. The van der Waals surface area contributed by atoms with Crippen LogP contribution in [-0.2, 0) is 7.05 Å². The van der Waals surface area contributed by atoms with Gasteiger partial charge >= 0.3 is 0 Å². The average Bonchev–Trinajstić information content (AvgIpc) is 1.13. The smallest absolute Gasteiger partial charge is 0.136 e. The van der Waals surface area contributed by atoms with E-state index in [0.29, 0.717) is 0 Å². The SMILES string of the molecule is Brc1cc2ccc3cc(Br)cc4ccc(c1)c2c34.Brc1ccc2c(c1)oc1cc(Br)ccc12.Brc1ccc2c(c1)sc1cc(Br)ccc12.Brc1ccc2c3ccc(Br)cc3n(-c3ccccc3)c2c1.Brc1ccc2oc3ccc(Br)cc3c2c1.Brc1ccc2sc3ccc(Br)cc3c2c1.Brc1cccc(-c2cccc(Br)c2)c1.Cn1c2cc(Br)ccc2c2ccc(Br)cc21. The van der Waals surface area contributed by atoms with E-state index in [0.717, 1.165) is 115 Å². The second kappa shape index (κ2) is 41.0. The number of rotatable bonds is 2. The lowest BCUT2D eigenvalue weighted by molar-refractivity contribution is 0.668. The highest BCUT2D eigenvalue weighted by Gasteiger charge is 2.17. The third-order valence-corrected chi connectivity index (χ3v) is 31.8. The van der Waals surface area contributed by atoms with E-state index < -0.39 is 0 Å². The van der Waals surface area contributed by atoms with Crippen molar-refractivity contribution >= 4 is 438 Å². The zero-order chi connectivity index (χ0) is 89.6. The number of aromatic nitrogens is 2. The quantitative estimate of drug-likeness (QED) is 0.162. The normalized spacial score (nSPS) is 11.3. The topological polar surface area (TPSA) is 36.1 Å². The van der Waals surface area contributed by atoms with Crippen molar-refractivity contribution in [3.63, 3.8) is 0 Å². The molecule has 4 nitrogen and oxygen atoms in total. The van der Waals surface area contributed by atoms with Crippen molar-refractivity contribution in [2.75, 3.05) is 0 Å². The van der Waals surface area contributed by atoms with E-state index in [1.165, 1.54) is 133 Å². The highest BCUT2D eigenvalue weighted by Crippen LogP contribution is 2.44. The van der Waals surface area contributed by atoms with Gasteiger partial charge in [0.25, 0.3) is 0 Å². The van der Waals surface area contributed by atoms with Crippen molar-refractivity contribution in [2.24, 2.45) is 7.05 Å². The summed E-state index contributed by atoms with van der Waals surface area (Å²) in [6.45, 7) is 0. The molecule has 6 heterocycles. The number of furan rings is 2. The Labute approximate surface area is 884 Å². The maximum Gasteiger partial charge on any atom is 0.136 e. The Kier molecular flexibility index (Phi) is 29.5. The van der Waals surface area contributed by atoms with Gasteiger partial charge in [0.2, 0.25) is 0 Å². The van der Waals surface area contributed by atoms with Gasteiger partial charge in [0.05, 0.1) is 11.0 Å². The summed E-state index contributed by atoms with van der Waals surface area (Å²) < 4.78 is 39.0. The summed E-state index contributed by atoms with van der Waals surface area (Å²) in [7, 11) is 2.10. The summed E-state index contributed by atoms with van der Waals surface area (Å²) in [5.74, 6) is 0. The number of aryl methyl sites for hydroxylation is 1. The van der Waals surface area contributed by atoms with Crippen molar-refractivity contribution in [1.82, 2.24) is 9.13 Å². The number of fused-ring (bicyclic) bond motifs is 18. The molecule has 19 aromatic carbocycles. The second-order valence-corrected chi connectivity index (χ2v) is 46.8. The van der Waals surface area contributed by atoms with Gasteiger partial charge < -0.3 is 18.0 Å². The predicted octanol–water partition coefficient (Wildman–Crippen LogP) is 43.5. The molecular formula is C107H60Br16N2O2S2. The Morgan fingerprint density at radius 1 is 0.194 bits per heavy atom. The number of hydrogen-bond acceptors (Lipinski definition) is 4. The lowest BCUT2D eigenvalue weighted by Crippen LogP contribution is -1.92. The van der Waals surface area contributed by atoms with Gasteiger partial charge in [-0.2, -0.15) is 0 Å². The van der Waals surface area contributed by atoms with Crippen LogP contribution in [0.3, 0.4) is 0 Å². The van der Waals surface area contributed by atoms with Crippen LogP contribution in [0.5, 0.6) is 0 Å². The van der Waals surface area contributed by atoms with Crippen molar-refractivity contribution < 1.29 is 8.83 Å². The van der Waals surface area contributed by atoms with Gasteiger partial charge in [-0.15, -0.1) is 22.7 Å². The van der Waals surface area contributed by atoms with E-state index in [2.05, 4.69) is 538 Å². The van der Waals surface area contributed by atoms with E-state index in [1.807, 2.05) is 102 Å². The fourth-order valence-electron chi connectivity index (χ4n) is 16.0. The molecule has 0 unspecified atom stereocenters.